The van der Waals surface area contributed by atoms with E-state index in [0.717, 1.165) is 50.9 Å². The molecule has 2 aliphatic heterocycles. The van der Waals surface area contributed by atoms with Gasteiger partial charge < -0.3 is 19.5 Å². The Morgan fingerprint density at radius 3 is 2.47 bits per heavy atom. The highest BCUT2D eigenvalue weighted by atomic mass is 35.5. The monoisotopic (exact) mass is 597 g/mol. The minimum atomic E-state index is -0.385. The van der Waals surface area contributed by atoms with Crippen LogP contribution >= 0.6 is 11.6 Å². The van der Waals surface area contributed by atoms with Gasteiger partial charge in [0.25, 0.3) is 5.91 Å². The molecule has 0 radical (unpaired) electrons. The number of fused-ring (bicyclic) bond motifs is 1. The van der Waals surface area contributed by atoms with Crippen LogP contribution in [-0.2, 0) is 17.8 Å². The van der Waals surface area contributed by atoms with Crippen LogP contribution in [0.4, 0.5) is 5.69 Å². The quantitative estimate of drug-likeness (QED) is 0.248. The van der Waals surface area contributed by atoms with Crippen molar-refractivity contribution in [1.82, 2.24) is 10.2 Å². The first-order valence-corrected chi connectivity index (χ1v) is 15.5. The topological polar surface area (TPSA) is 82.9 Å². The van der Waals surface area contributed by atoms with Crippen LogP contribution < -0.4 is 15.6 Å². The molecule has 1 N–H and O–H groups in total. The molecule has 222 valence electrons. The van der Waals surface area contributed by atoms with Crippen LogP contribution in [0.15, 0.2) is 88.1 Å². The second-order valence-corrected chi connectivity index (χ2v) is 12.1. The molecule has 6 rings (SSSR count). The first-order valence-electron chi connectivity index (χ1n) is 15.1. The van der Waals surface area contributed by atoms with Gasteiger partial charge in [-0.3, -0.25) is 14.4 Å². The lowest BCUT2D eigenvalue weighted by atomic mass is 9.87. The summed E-state index contributed by atoms with van der Waals surface area (Å²) in [5.74, 6) is 0.299. The van der Waals surface area contributed by atoms with E-state index in [9.17, 15) is 14.4 Å². The number of benzene rings is 3. The van der Waals surface area contributed by atoms with E-state index >= 15 is 0 Å². The van der Waals surface area contributed by atoms with Gasteiger partial charge in [-0.2, -0.15) is 0 Å². The van der Waals surface area contributed by atoms with Crippen molar-refractivity contribution in [3.8, 4) is 0 Å². The number of hydrogen-bond acceptors (Lipinski definition) is 5. The third kappa shape index (κ3) is 6.94. The number of carbonyl (C=O) groups excluding carboxylic acids is 2. The van der Waals surface area contributed by atoms with Crippen LogP contribution in [0.5, 0.6) is 0 Å². The zero-order valence-corrected chi connectivity index (χ0v) is 24.9. The molecule has 2 amide bonds. The molecule has 2 aliphatic rings. The first kappa shape index (κ1) is 29.0. The number of halogens is 1. The Bertz CT molecular complexity index is 1660. The van der Waals surface area contributed by atoms with E-state index < -0.39 is 0 Å². The van der Waals surface area contributed by atoms with Crippen LogP contribution in [-0.4, -0.2) is 42.4 Å². The number of nitrogens with zero attached hydrogens (tertiary/aromatic N) is 2. The van der Waals surface area contributed by atoms with E-state index in [-0.39, 0.29) is 29.0 Å². The molecule has 7 nitrogen and oxygen atoms in total. The highest BCUT2D eigenvalue weighted by Gasteiger charge is 2.27. The third-order valence-corrected chi connectivity index (χ3v) is 8.94. The molecule has 4 aromatic rings. The van der Waals surface area contributed by atoms with Crippen LogP contribution in [0.1, 0.15) is 53.8 Å². The van der Waals surface area contributed by atoms with Crippen molar-refractivity contribution in [3.63, 3.8) is 0 Å². The van der Waals surface area contributed by atoms with Crippen LogP contribution in [0.3, 0.4) is 0 Å². The Kier molecular flexibility index (Phi) is 8.79. The fourth-order valence-corrected chi connectivity index (χ4v) is 6.54. The molecule has 1 atom stereocenters. The lowest BCUT2D eigenvalue weighted by molar-refractivity contribution is -0.128. The molecule has 2 fully saturated rings. The van der Waals surface area contributed by atoms with Gasteiger partial charge in [0.2, 0.25) is 5.91 Å². The summed E-state index contributed by atoms with van der Waals surface area (Å²) < 4.78 is 5.83. The minimum absolute atomic E-state index is 0.0210. The van der Waals surface area contributed by atoms with Crippen molar-refractivity contribution >= 4 is 40.1 Å². The molecule has 0 saturated carbocycles. The maximum absolute atomic E-state index is 13.4. The largest absolute Gasteiger partial charge is 0.451 e. The Morgan fingerprint density at radius 2 is 1.70 bits per heavy atom. The number of piperidine rings is 1. The summed E-state index contributed by atoms with van der Waals surface area (Å²) in [4.78, 5) is 42.7. The fourth-order valence-electron chi connectivity index (χ4n) is 6.41. The van der Waals surface area contributed by atoms with Crippen molar-refractivity contribution < 1.29 is 14.0 Å². The zero-order valence-electron chi connectivity index (χ0n) is 24.1. The van der Waals surface area contributed by atoms with Crippen molar-refractivity contribution in [2.24, 2.45) is 5.92 Å². The maximum atomic E-state index is 13.4. The van der Waals surface area contributed by atoms with Crippen LogP contribution in [0.25, 0.3) is 11.0 Å². The summed E-state index contributed by atoms with van der Waals surface area (Å²) in [5.41, 5.74) is 3.65. The number of rotatable bonds is 9. The van der Waals surface area contributed by atoms with Gasteiger partial charge in [0.15, 0.2) is 11.2 Å². The normalized spacial score (nSPS) is 16.5. The highest BCUT2D eigenvalue weighted by molar-refractivity contribution is 6.30. The number of amides is 2. The van der Waals surface area contributed by atoms with Crippen molar-refractivity contribution in [3.05, 3.63) is 111 Å². The Morgan fingerprint density at radius 1 is 0.953 bits per heavy atom. The summed E-state index contributed by atoms with van der Waals surface area (Å²) in [5, 5.41) is 4.30. The van der Waals surface area contributed by atoms with Gasteiger partial charge in [-0.15, -0.1) is 0 Å². The van der Waals surface area contributed by atoms with Gasteiger partial charge in [-0.1, -0.05) is 54.1 Å². The number of para-hydroxylation sites is 2. The van der Waals surface area contributed by atoms with Gasteiger partial charge in [-0.05, 0) is 79.5 Å². The molecular weight excluding hydrogens is 562 g/mol. The van der Waals surface area contributed by atoms with Crippen molar-refractivity contribution in [1.29, 1.82) is 0 Å². The molecule has 0 bridgehead atoms. The summed E-state index contributed by atoms with van der Waals surface area (Å²) in [7, 11) is 0. The number of hydrogen-bond donors (Lipinski definition) is 1. The molecule has 0 aliphatic carbocycles. The van der Waals surface area contributed by atoms with E-state index in [1.165, 1.54) is 17.3 Å². The van der Waals surface area contributed by atoms with E-state index in [1.807, 2.05) is 35.2 Å². The Labute approximate surface area is 256 Å². The lowest BCUT2D eigenvalue weighted by Crippen LogP contribution is -2.41. The molecule has 1 aromatic heterocycles. The van der Waals surface area contributed by atoms with Crippen molar-refractivity contribution in [2.45, 2.75) is 51.1 Å². The number of anilines is 1. The standard InChI is InChI=1S/C35H36ClN3O4/c36-27-13-11-24(12-14-27)20-28(37-35(42)33-22-31(40)29-7-2-4-9-32(29)43-33)21-25-15-18-38(19-16-25)30-8-3-1-6-26(30)23-39-17-5-10-34(39)41/h1-4,6-9,11-14,22,25,28H,5,10,15-21,23H2,(H,37,42)/t28-/m0/s1. The van der Waals surface area contributed by atoms with E-state index in [2.05, 4.69) is 28.4 Å². The van der Waals surface area contributed by atoms with Gasteiger partial charge in [0.05, 0.1) is 5.39 Å². The average molecular weight is 598 g/mol. The van der Waals surface area contributed by atoms with Gasteiger partial charge in [0, 0.05) is 55.4 Å². The predicted molar refractivity (Wildman–Crippen MR) is 170 cm³/mol. The third-order valence-electron chi connectivity index (χ3n) is 8.69. The van der Waals surface area contributed by atoms with Crippen LogP contribution in [0, 0.1) is 5.92 Å². The van der Waals surface area contributed by atoms with Gasteiger partial charge >= 0.3 is 0 Å². The number of likely N-dealkylation sites (tertiary alicyclic amines) is 1. The molecule has 0 unspecified atom stereocenters. The van der Waals surface area contributed by atoms with Gasteiger partial charge in [-0.25, -0.2) is 0 Å². The Hall–Kier alpha value is -4.10. The van der Waals surface area contributed by atoms with Crippen LogP contribution in [0.2, 0.25) is 5.02 Å². The molecule has 2 saturated heterocycles. The lowest BCUT2D eigenvalue weighted by Gasteiger charge is -2.36. The smallest absolute Gasteiger partial charge is 0.287 e. The molecule has 0 spiro atoms. The predicted octanol–water partition coefficient (Wildman–Crippen LogP) is 6.22. The number of carbonyl (C=O) groups is 2. The fraction of sp³-hybridized carbons (Fsp3) is 0.343. The summed E-state index contributed by atoms with van der Waals surface area (Å²) in [6.07, 6.45) is 5.03. The average Bonchev–Trinajstić information content (AvgIpc) is 3.42. The second kappa shape index (κ2) is 13.0. The SMILES string of the molecule is O=C(N[C@@H](Cc1ccc(Cl)cc1)CC1CCN(c2ccccc2CN2CCCC2=O)CC1)c1cc(=O)c2ccccc2o1. The summed E-state index contributed by atoms with van der Waals surface area (Å²) >= 11 is 6.12. The maximum Gasteiger partial charge on any atom is 0.287 e. The van der Waals surface area contributed by atoms with E-state index in [4.69, 9.17) is 16.0 Å². The van der Waals surface area contributed by atoms with E-state index in [0.29, 0.717) is 41.3 Å². The summed E-state index contributed by atoms with van der Waals surface area (Å²) in [6, 6.07) is 24.2. The first-order chi connectivity index (χ1) is 20.9. The molecule has 8 heteroatoms. The van der Waals surface area contributed by atoms with Crippen molar-refractivity contribution in [2.75, 3.05) is 24.5 Å². The zero-order chi connectivity index (χ0) is 29.8. The van der Waals surface area contributed by atoms with E-state index in [1.54, 1.807) is 24.3 Å². The van der Waals surface area contributed by atoms with Gasteiger partial charge in [0.1, 0.15) is 5.58 Å². The molecular formula is C35H36ClN3O4. The Balaban J connectivity index is 1.14. The second-order valence-electron chi connectivity index (χ2n) is 11.7. The molecule has 3 heterocycles. The molecule has 3 aromatic carbocycles. The molecule has 43 heavy (non-hydrogen) atoms. The number of nitrogens with one attached hydrogen (secondary N) is 1. The highest BCUT2D eigenvalue weighted by Crippen LogP contribution is 2.30. The minimum Gasteiger partial charge on any atom is -0.451 e. The summed E-state index contributed by atoms with van der Waals surface area (Å²) in [6.45, 7) is 3.32.